The molecule has 1 fully saturated rings. The van der Waals surface area contributed by atoms with Crippen molar-refractivity contribution in [3.05, 3.63) is 23.8 Å². The number of nitrogens with zero attached hydrogens (tertiary/aromatic N) is 2. The molecule has 1 aromatic rings. The fraction of sp³-hybridized carbons (Fsp3) is 0.438. The van der Waals surface area contributed by atoms with Crippen molar-refractivity contribution in [1.29, 1.82) is 0 Å². The summed E-state index contributed by atoms with van der Waals surface area (Å²) in [6.07, 6.45) is 0.568. The summed E-state index contributed by atoms with van der Waals surface area (Å²) >= 11 is 0. The van der Waals surface area contributed by atoms with E-state index in [2.05, 4.69) is 5.32 Å². The van der Waals surface area contributed by atoms with Gasteiger partial charge in [0.1, 0.15) is 5.75 Å². The smallest absolute Gasteiger partial charge is 0.265 e. The number of rotatable bonds is 3. The van der Waals surface area contributed by atoms with Gasteiger partial charge in [0.05, 0.1) is 12.1 Å². The zero-order valence-electron chi connectivity index (χ0n) is 12.9. The van der Waals surface area contributed by atoms with Gasteiger partial charge in [0.15, 0.2) is 6.10 Å². The van der Waals surface area contributed by atoms with Gasteiger partial charge >= 0.3 is 0 Å². The highest BCUT2D eigenvalue weighted by Gasteiger charge is 2.24. The quantitative estimate of drug-likeness (QED) is 0.811. The average Bonchev–Trinajstić information content (AvgIpc) is 2.56. The number of ether oxygens (including phenoxy) is 1. The Labute approximate surface area is 134 Å². The van der Waals surface area contributed by atoms with Crippen molar-refractivity contribution in [2.24, 2.45) is 0 Å². The van der Waals surface area contributed by atoms with Gasteiger partial charge in [0, 0.05) is 26.2 Å². The SMILES string of the molecule is CC1Oc2ccc(CC(=O)N3CCN(C=O)CC3)cc2NC1=O. The van der Waals surface area contributed by atoms with E-state index in [1.165, 1.54) is 0 Å². The molecule has 3 rings (SSSR count). The summed E-state index contributed by atoms with van der Waals surface area (Å²) in [5.74, 6) is 0.450. The van der Waals surface area contributed by atoms with Crippen molar-refractivity contribution < 1.29 is 19.1 Å². The van der Waals surface area contributed by atoms with Crippen LogP contribution in [0.15, 0.2) is 18.2 Å². The fourth-order valence-electron chi connectivity index (χ4n) is 2.73. The molecule has 0 aliphatic carbocycles. The molecule has 7 nitrogen and oxygen atoms in total. The van der Waals surface area contributed by atoms with Crippen LogP contribution in [0.1, 0.15) is 12.5 Å². The van der Waals surface area contributed by atoms with E-state index in [0.29, 0.717) is 37.6 Å². The normalized spacial score (nSPS) is 20.4. The lowest BCUT2D eigenvalue weighted by molar-refractivity contribution is -0.134. The molecule has 0 saturated carbocycles. The van der Waals surface area contributed by atoms with Gasteiger partial charge in [-0.15, -0.1) is 0 Å². The predicted molar refractivity (Wildman–Crippen MR) is 83.1 cm³/mol. The summed E-state index contributed by atoms with van der Waals surface area (Å²) < 4.78 is 5.50. The third-order valence-electron chi connectivity index (χ3n) is 4.15. The van der Waals surface area contributed by atoms with E-state index in [4.69, 9.17) is 4.74 Å². The van der Waals surface area contributed by atoms with Crippen LogP contribution in [0.5, 0.6) is 5.75 Å². The second kappa shape index (κ2) is 6.28. The van der Waals surface area contributed by atoms with Gasteiger partial charge in [0.2, 0.25) is 12.3 Å². The monoisotopic (exact) mass is 317 g/mol. The third kappa shape index (κ3) is 3.28. The predicted octanol–water partition coefficient (Wildman–Crippen LogP) is 0.249. The number of piperazine rings is 1. The summed E-state index contributed by atoms with van der Waals surface area (Å²) in [6, 6.07) is 5.39. The zero-order valence-corrected chi connectivity index (χ0v) is 12.9. The Morgan fingerprint density at radius 3 is 2.78 bits per heavy atom. The molecule has 122 valence electrons. The minimum absolute atomic E-state index is 0.0203. The zero-order chi connectivity index (χ0) is 16.4. The first kappa shape index (κ1) is 15.3. The minimum Gasteiger partial charge on any atom is -0.479 e. The Morgan fingerprint density at radius 1 is 1.35 bits per heavy atom. The van der Waals surface area contributed by atoms with Crippen molar-refractivity contribution in [3.63, 3.8) is 0 Å². The molecular formula is C16H19N3O4. The highest BCUT2D eigenvalue weighted by Crippen LogP contribution is 2.30. The molecule has 0 spiro atoms. The summed E-state index contributed by atoms with van der Waals surface area (Å²) in [7, 11) is 0. The molecule has 0 aromatic heterocycles. The Hall–Kier alpha value is -2.57. The summed E-state index contributed by atoms with van der Waals surface area (Å²) in [4.78, 5) is 38.1. The van der Waals surface area contributed by atoms with Crippen molar-refractivity contribution in [3.8, 4) is 5.75 Å². The van der Waals surface area contributed by atoms with E-state index in [1.807, 2.05) is 6.07 Å². The lowest BCUT2D eigenvalue weighted by atomic mass is 10.1. The van der Waals surface area contributed by atoms with Crippen LogP contribution in [0.25, 0.3) is 0 Å². The van der Waals surface area contributed by atoms with E-state index >= 15 is 0 Å². The van der Waals surface area contributed by atoms with Gasteiger partial charge in [-0.25, -0.2) is 0 Å². The first-order valence-corrected chi connectivity index (χ1v) is 7.64. The molecule has 2 aliphatic rings. The molecule has 7 heteroatoms. The van der Waals surface area contributed by atoms with Gasteiger partial charge in [-0.1, -0.05) is 6.07 Å². The topological polar surface area (TPSA) is 79.0 Å². The van der Waals surface area contributed by atoms with Crippen LogP contribution in [0.2, 0.25) is 0 Å². The van der Waals surface area contributed by atoms with Crippen LogP contribution in [0.3, 0.4) is 0 Å². The Bertz CT molecular complexity index is 638. The van der Waals surface area contributed by atoms with Crippen molar-refractivity contribution in [2.75, 3.05) is 31.5 Å². The molecule has 2 heterocycles. The number of nitrogens with one attached hydrogen (secondary N) is 1. The van der Waals surface area contributed by atoms with Gasteiger partial charge in [-0.2, -0.15) is 0 Å². The molecule has 2 aliphatic heterocycles. The first-order chi connectivity index (χ1) is 11.1. The number of hydrogen-bond donors (Lipinski definition) is 1. The van der Waals surface area contributed by atoms with Crippen molar-refractivity contribution >= 4 is 23.9 Å². The van der Waals surface area contributed by atoms with Crippen LogP contribution < -0.4 is 10.1 Å². The molecule has 1 aromatic carbocycles. The van der Waals surface area contributed by atoms with Gasteiger partial charge in [0.25, 0.3) is 5.91 Å². The summed E-state index contributed by atoms with van der Waals surface area (Å²) in [5, 5.41) is 2.78. The highest BCUT2D eigenvalue weighted by molar-refractivity contribution is 5.97. The molecule has 23 heavy (non-hydrogen) atoms. The third-order valence-corrected chi connectivity index (χ3v) is 4.15. The maximum absolute atomic E-state index is 12.3. The number of fused-ring (bicyclic) bond motifs is 1. The lowest BCUT2D eigenvalue weighted by Gasteiger charge is -2.32. The second-order valence-corrected chi connectivity index (χ2v) is 5.78. The summed E-state index contributed by atoms with van der Waals surface area (Å²) in [5.41, 5.74) is 1.43. The minimum atomic E-state index is -0.510. The number of hydrogen-bond acceptors (Lipinski definition) is 4. The molecular weight excluding hydrogens is 298 g/mol. The molecule has 1 N–H and O–H groups in total. The van der Waals surface area contributed by atoms with Crippen molar-refractivity contribution in [2.45, 2.75) is 19.4 Å². The van der Waals surface area contributed by atoms with Crippen LogP contribution in [0, 0.1) is 0 Å². The van der Waals surface area contributed by atoms with Crippen LogP contribution in [-0.4, -0.2) is 60.3 Å². The average molecular weight is 317 g/mol. The maximum atomic E-state index is 12.3. The Morgan fingerprint density at radius 2 is 2.09 bits per heavy atom. The number of carbonyl (C=O) groups excluding carboxylic acids is 3. The molecule has 0 radical (unpaired) electrons. The fourth-order valence-corrected chi connectivity index (χ4v) is 2.73. The van der Waals surface area contributed by atoms with E-state index in [0.717, 1.165) is 12.0 Å². The lowest BCUT2D eigenvalue weighted by Crippen LogP contribution is -2.48. The van der Waals surface area contributed by atoms with Crippen molar-refractivity contribution in [1.82, 2.24) is 9.80 Å². The largest absolute Gasteiger partial charge is 0.479 e. The molecule has 1 atom stereocenters. The van der Waals surface area contributed by atoms with Crippen LogP contribution in [0.4, 0.5) is 5.69 Å². The van der Waals surface area contributed by atoms with Gasteiger partial charge < -0.3 is 19.9 Å². The van der Waals surface area contributed by atoms with Crippen LogP contribution >= 0.6 is 0 Å². The standard InChI is InChI=1S/C16H19N3O4/c1-11-16(22)17-13-8-12(2-3-14(13)23-11)9-15(21)19-6-4-18(10-20)5-7-19/h2-3,8,10-11H,4-7,9H2,1H3,(H,17,22). The second-order valence-electron chi connectivity index (χ2n) is 5.78. The molecule has 1 unspecified atom stereocenters. The van der Waals surface area contributed by atoms with E-state index in [1.54, 1.807) is 28.9 Å². The van der Waals surface area contributed by atoms with E-state index in [-0.39, 0.29) is 18.2 Å². The maximum Gasteiger partial charge on any atom is 0.265 e. The number of anilines is 1. The first-order valence-electron chi connectivity index (χ1n) is 7.64. The number of amides is 3. The Kier molecular flexibility index (Phi) is 4.18. The van der Waals surface area contributed by atoms with Gasteiger partial charge in [-0.05, 0) is 24.6 Å². The van der Waals surface area contributed by atoms with Crippen LogP contribution in [-0.2, 0) is 20.8 Å². The highest BCUT2D eigenvalue weighted by atomic mass is 16.5. The summed E-state index contributed by atoms with van der Waals surface area (Å²) in [6.45, 7) is 3.94. The van der Waals surface area contributed by atoms with Gasteiger partial charge in [-0.3, -0.25) is 14.4 Å². The molecule has 3 amide bonds. The Balaban J connectivity index is 1.64. The molecule has 0 bridgehead atoms. The number of benzene rings is 1. The van der Waals surface area contributed by atoms with E-state index in [9.17, 15) is 14.4 Å². The molecule has 1 saturated heterocycles. The number of carbonyl (C=O) groups is 3. The van der Waals surface area contributed by atoms with E-state index < -0.39 is 6.10 Å².